The SMILES string of the molecule is C1=CC=CC=1C=Nc1ccc(-c2ccc(N=CC3=C=CC=C3)cc2)cc1. The lowest BCUT2D eigenvalue weighted by Gasteiger charge is -2.03. The van der Waals surface area contributed by atoms with Crippen molar-refractivity contribution >= 4 is 23.8 Å². The molecule has 0 aliphatic heterocycles. The maximum atomic E-state index is 4.47. The Morgan fingerprint density at radius 2 is 1.00 bits per heavy atom. The minimum atomic E-state index is 0.926. The normalized spacial score (nSPS) is 14.8. The van der Waals surface area contributed by atoms with E-state index in [-0.39, 0.29) is 0 Å². The topological polar surface area (TPSA) is 24.7 Å². The second-order valence-corrected chi connectivity index (χ2v) is 5.86. The largest absolute Gasteiger partial charge is 0.256 e. The highest BCUT2D eigenvalue weighted by Gasteiger charge is 1.99. The van der Waals surface area contributed by atoms with E-state index in [1.807, 2.05) is 73.2 Å². The second-order valence-electron chi connectivity index (χ2n) is 5.86. The van der Waals surface area contributed by atoms with Crippen molar-refractivity contribution < 1.29 is 0 Å². The summed E-state index contributed by atoms with van der Waals surface area (Å²) in [5, 5.41) is 0. The molecule has 0 amide bonds. The number of nitrogens with zero attached hydrogens (tertiary/aromatic N) is 2. The Balaban J connectivity index is 1.45. The van der Waals surface area contributed by atoms with Crippen LogP contribution < -0.4 is 0 Å². The highest BCUT2D eigenvalue weighted by molar-refractivity contribution is 5.86. The molecular formula is C24H16N2. The molecule has 2 heteroatoms. The zero-order chi connectivity index (χ0) is 17.6. The molecule has 0 unspecified atom stereocenters. The van der Waals surface area contributed by atoms with E-state index >= 15 is 0 Å². The van der Waals surface area contributed by atoms with E-state index in [4.69, 9.17) is 0 Å². The van der Waals surface area contributed by atoms with Crippen molar-refractivity contribution in [1.29, 1.82) is 0 Å². The van der Waals surface area contributed by atoms with Gasteiger partial charge in [-0.05, 0) is 59.7 Å². The average Bonchev–Trinajstić information content (AvgIpc) is 3.40. The van der Waals surface area contributed by atoms with Crippen LogP contribution in [-0.4, -0.2) is 12.4 Å². The summed E-state index contributed by atoms with van der Waals surface area (Å²) in [6, 6.07) is 16.4. The molecule has 2 nitrogen and oxygen atoms in total. The lowest BCUT2D eigenvalue weighted by atomic mass is 10.1. The number of hydrogen-bond donors (Lipinski definition) is 0. The third-order valence-corrected chi connectivity index (χ3v) is 4.02. The van der Waals surface area contributed by atoms with Gasteiger partial charge in [0.1, 0.15) is 0 Å². The van der Waals surface area contributed by atoms with E-state index in [0.717, 1.165) is 33.6 Å². The number of hydrogen-bond acceptors (Lipinski definition) is 2. The third kappa shape index (κ3) is 3.85. The van der Waals surface area contributed by atoms with Crippen molar-refractivity contribution in [3.05, 3.63) is 108 Å². The van der Waals surface area contributed by atoms with Crippen LogP contribution in [0, 0.1) is 0 Å². The first kappa shape index (κ1) is 15.8. The fourth-order valence-electron chi connectivity index (χ4n) is 2.62. The van der Waals surface area contributed by atoms with Gasteiger partial charge in [0.25, 0.3) is 0 Å². The van der Waals surface area contributed by atoms with Gasteiger partial charge in [0, 0.05) is 23.6 Å². The van der Waals surface area contributed by atoms with E-state index in [0.29, 0.717) is 0 Å². The molecule has 0 saturated heterocycles. The Morgan fingerprint density at radius 1 is 0.577 bits per heavy atom. The van der Waals surface area contributed by atoms with Crippen molar-refractivity contribution in [2.24, 2.45) is 9.98 Å². The van der Waals surface area contributed by atoms with Crippen molar-refractivity contribution in [1.82, 2.24) is 0 Å². The molecule has 26 heavy (non-hydrogen) atoms. The fourth-order valence-corrected chi connectivity index (χ4v) is 2.62. The summed E-state index contributed by atoms with van der Waals surface area (Å²) >= 11 is 0. The highest BCUT2D eigenvalue weighted by Crippen LogP contribution is 2.25. The van der Waals surface area contributed by atoms with Crippen LogP contribution in [0.2, 0.25) is 0 Å². The molecule has 0 N–H and O–H groups in total. The highest BCUT2D eigenvalue weighted by atomic mass is 14.7. The van der Waals surface area contributed by atoms with E-state index in [9.17, 15) is 0 Å². The Labute approximate surface area is 153 Å². The molecule has 0 bridgehead atoms. The second kappa shape index (κ2) is 7.46. The van der Waals surface area contributed by atoms with Gasteiger partial charge in [-0.2, -0.15) is 0 Å². The zero-order valence-electron chi connectivity index (χ0n) is 14.1. The first-order valence-corrected chi connectivity index (χ1v) is 8.42. The Morgan fingerprint density at radius 3 is 1.35 bits per heavy atom. The molecular weight excluding hydrogens is 316 g/mol. The van der Waals surface area contributed by atoms with Gasteiger partial charge in [-0.3, -0.25) is 9.98 Å². The molecule has 4 rings (SSSR count). The standard InChI is InChI=1S/C24H16N2/c1-2-6-19(5-1)17-25-23-13-9-21(10-14-23)22-11-15-24(16-12-22)26-18-20-7-3-4-8-20/h1-5,7,9-18H. The van der Waals surface area contributed by atoms with Gasteiger partial charge in [0.2, 0.25) is 0 Å². The van der Waals surface area contributed by atoms with E-state index < -0.39 is 0 Å². The van der Waals surface area contributed by atoms with Crippen LogP contribution in [0.1, 0.15) is 0 Å². The smallest absolute Gasteiger partial charge is 0.0630 e. The summed E-state index contributed by atoms with van der Waals surface area (Å²) in [6.07, 6.45) is 15.3. The molecule has 2 aliphatic rings. The minimum Gasteiger partial charge on any atom is -0.256 e. The van der Waals surface area contributed by atoms with Crippen LogP contribution in [0.3, 0.4) is 0 Å². The van der Waals surface area contributed by atoms with E-state index in [1.165, 1.54) is 0 Å². The quantitative estimate of drug-likeness (QED) is 0.469. The molecule has 0 saturated carbocycles. The fraction of sp³-hybridized carbons (Fsp3) is 0. The molecule has 0 radical (unpaired) electrons. The third-order valence-electron chi connectivity index (χ3n) is 4.02. The summed E-state index contributed by atoms with van der Waals surface area (Å²) in [6.45, 7) is 0. The summed E-state index contributed by atoms with van der Waals surface area (Å²) < 4.78 is 0. The van der Waals surface area contributed by atoms with E-state index in [1.54, 1.807) is 0 Å². The van der Waals surface area contributed by atoms with Gasteiger partial charge in [0.15, 0.2) is 0 Å². The minimum absolute atomic E-state index is 0.926. The number of rotatable bonds is 5. The summed E-state index contributed by atoms with van der Waals surface area (Å²) in [5.74, 6) is 0. The average molecular weight is 332 g/mol. The maximum absolute atomic E-state index is 4.47. The van der Waals surface area contributed by atoms with Crippen molar-refractivity contribution in [2.45, 2.75) is 0 Å². The van der Waals surface area contributed by atoms with Gasteiger partial charge in [-0.15, -0.1) is 11.5 Å². The van der Waals surface area contributed by atoms with Gasteiger partial charge in [-0.1, -0.05) is 36.4 Å². The van der Waals surface area contributed by atoms with Gasteiger partial charge in [0.05, 0.1) is 11.4 Å². The maximum Gasteiger partial charge on any atom is 0.0630 e. The van der Waals surface area contributed by atoms with Gasteiger partial charge >= 0.3 is 0 Å². The van der Waals surface area contributed by atoms with Crippen LogP contribution in [0.4, 0.5) is 11.4 Å². The van der Waals surface area contributed by atoms with Gasteiger partial charge < -0.3 is 0 Å². The first-order chi connectivity index (χ1) is 12.9. The van der Waals surface area contributed by atoms with Crippen LogP contribution in [0.25, 0.3) is 11.1 Å². The van der Waals surface area contributed by atoms with Crippen molar-refractivity contribution in [2.75, 3.05) is 0 Å². The lowest BCUT2D eigenvalue weighted by molar-refractivity contribution is 1.50. The van der Waals surface area contributed by atoms with Crippen molar-refractivity contribution in [3.63, 3.8) is 0 Å². The molecule has 0 spiro atoms. The number of aliphatic imine (C=N–C) groups is 2. The zero-order valence-corrected chi connectivity index (χ0v) is 14.1. The lowest BCUT2D eigenvalue weighted by Crippen LogP contribution is -1.79. The summed E-state index contributed by atoms with van der Waals surface area (Å²) in [5.41, 5.74) is 12.4. The molecule has 2 aliphatic carbocycles. The molecule has 2 aromatic carbocycles. The number of allylic oxidation sites excluding steroid dienone is 6. The van der Waals surface area contributed by atoms with E-state index in [2.05, 4.69) is 45.7 Å². The molecule has 0 aromatic heterocycles. The number of benzene rings is 2. The van der Waals surface area contributed by atoms with Crippen LogP contribution in [-0.2, 0) is 0 Å². The van der Waals surface area contributed by atoms with Gasteiger partial charge in [-0.25, -0.2) is 0 Å². The molecule has 0 atom stereocenters. The predicted octanol–water partition coefficient (Wildman–Crippen LogP) is 6.06. The predicted molar refractivity (Wildman–Crippen MR) is 110 cm³/mol. The summed E-state index contributed by atoms with van der Waals surface area (Å²) in [7, 11) is 0. The van der Waals surface area contributed by atoms with Crippen LogP contribution in [0.5, 0.6) is 0 Å². The molecule has 2 aromatic rings. The monoisotopic (exact) mass is 332 g/mol. The summed E-state index contributed by atoms with van der Waals surface area (Å²) in [4.78, 5) is 8.94. The molecule has 0 heterocycles. The molecule has 0 fully saturated rings. The van der Waals surface area contributed by atoms with Crippen molar-refractivity contribution in [3.8, 4) is 11.1 Å². The first-order valence-electron chi connectivity index (χ1n) is 8.42. The Hall–Kier alpha value is -3.70. The Bertz CT molecular complexity index is 971. The Kier molecular flexibility index (Phi) is 4.54. The van der Waals surface area contributed by atoms with Crippen LogP contribution >= 0.6 is 0 Å². The molecule has 122 valence electrons. The van der Waals surface area contributed by atoms with Crippen LogP contribution in [0.15, 0.2) is 118 Å².